The number of hydrogen-bond donors (Lipinski definition) is 3. The monoisotopic (exact) mass is 506 g/mol. The van der Waals surface area contributed by atoms with Gasteiger partial charge in [-0.15, -0.1) is 0 Å². The van der Waals surface area contributed by atoms with Crippen LogP contribution in [0.25, 0.3) is 55.8 Å². The van der Waals surface area contributed by atoms with E-state index in [4.69, 9.17) is 4.98 Å². The van der Waals surface area contributed by atoms with Crippen molar-refractivity contribution in [2.75, 3.05) is 5.32 Å². The molecule has 38 heavy (non-hydrogen) atoms. The average molecular weight is 507 g/mol. The zero-order valence-corrected chi connectivity index (χ0v) is 20.9. The highest BCUT2D eigenvalue weighted by atomic mass is 19.1. The molecule has 10 heteroatoms. The van der Waals surface area contributed by atoms with Crippen LogP contribution in [0.1, 0.15) is 20.8 Å². The molecule has 0 aliphatic heterocycles. The molecule has 3 N–H and O–H groups in total. The van der Waals surface area contributed by atoms with Gasteiger partial charge in [0.05, 0.1) is 40.0 Å². The van der Waals surface area contributed by atoms with E-state index in [2.05, 4.69) is 35.5 Å². The first kappa shape index (κ1) is 23.4. The lowest BCUT2D eigenvalue weighted by atomic mass is 9.95. The number of H-pyrrole nitrogens is 2. The highest BCUT2D eigenvalue weighted by Gasteiger charge is 2.23. The number of amides is 1. The van der Waals surface area contributed by atoms with E-state index in [1.54, 1.807) is 18.5 Å². The molecule has 1 amide bonds. The van der Waals surface area contributed by atoms with Crippen LogP contribution in [0.4, 0.5) is 10.1 Å². The molecule has 6 rings (SSSR count). The largest absolute Gasteiger partial charge is 0.337 e. The zero-order chi connectivity index (χ0) is 26.4. The Balaban J connectivity index is 1.44. The first-order chi connectivity index (χ1) is 18.3. The number of benzene rings is 1. The van der Waals surface area contributed by atoms with Gasteiger partial charge in [-0.1, -0.05) is 39.0 Å². The second-order valence-electron chi connectivity index (χ2n) is 9.98. The summed E-state index contributed by atoms with van der Waals surface area (Å²) >= 11 is 0. The number of fused-ring (bicyclic) bond motifs is 2. The number of rotatable bonds is 4. The van der Waals surface area contributed by atoms with Crippen molar-refractivity contribution in [3.8, 4) is 33.9 Å². The van der Waals surface area contributed by atoms with Crippen molar-refractivity contribution in [1.29, 1.82) is 0 Å². The van der Waals surface area contributed by atoms with Crippen molar-refractivity contribution in [1.82, 2.24) is 35.1 Å². The minimum atomic E-state index is -0.590. The molecule has 9 nitrogen and oxygen atoms in total. The van der Waals surface area contributed by atoms with Crippen molar-refractivity contribution in [2.24, 2.45) is 5.41 Å². The van der Waals surface area contributed by atoms with Gasteiger partial charge in [-0.2, -0.15) is 5.10 Å². The normalized spacial score (nSPS) is 11.8. The van der Waals surface area contributed by atoms with Crippen LogP contribution in [0, 0.1) is 11.2 Å². The van der Waals surface area contributed by atoms with E-state index in [0.717, 1.165) is 22.2 Å². The van der Waals surface area contributed by atoms with Gasteiger partial charge in [-0.05, 0) is 18.2 Å². The first-order valence-corrected chi connectivity index (χ1v) is 12.0. The SMILES string of the molecule is CC(C)(C)C(=O)Nc1cncc(-c2ncc3[nH]nc(-c4nc5c(-c6cccnc6)cccc5[nH]4)c3c2F)c1. The fourth-order valence-corrected chi connectivity index (χ4v) is 4.20. The van der Waals surface area contributed by atoms with E-state index in [-0.39, 0.29) is 17.0 Å². The Kier molecular flexibility index (Phi) is 5.45. The molecule has 0 atom stereocenters. The molecule has 0 fully saturated rings. The topological polar surface area (TPSA) is 125 Å². The smallest absolute Gasteiger partial charge is 0.229 e. The van der Waals surface area contributed by atoms with Crippen LogP contribution in [-0.4, -0.2) is 41.0 Å². The molecule has 0 spiro atoms. The number of halogens is 1. The maximum atomic E-state index is 16.0. The van der Waals surface area contributed by atoms with Crippen molar-refractivity contribution < 1.29 is 9.18 Å². The summed E-state index contributed by atoms with van der Waals surface area (Å²) in [5.74, 6) is -0.323. The Hall–Kier alpha value is -4.99. The molecule has 188 valence electrons. The van der Waals surface area contributed by atoms with Crippen molar-refractivity contribution in [3.05, 3.63) is 73.2 Å². The summed E-state index contributed by atoms with van der Waals surface area (Å²) in [6, 6.07) is 11.3. The van der Waals surface area contributed by atoms with Crippen molar-refractivity contribution >= 4 is 33.5 Å². The van der Waals surface area contributed by atoms with Crippen LogP contribution in [0.5, 0.6) is 0 Å². The Labute approximate surface area is 216 Å². The highest BCUT2D eigenvalue weighted by Crippen LogP contribution is 2.34. The lowest BCUT2D eigenvalue weighted by Gasteiger charge is -2.17. The summed E-state index contributed by atoms with van der Waals surface area (Å²) in [4.78, 5) is 33.2. The summed E-state index contributed by atoms with van der Waals surface area (Å²) in [5, 5.41) is 10.3. The molecule has 0 bridgehead atoms. The van der Waals surface area contributed by atoms with Gasteiger partial charge in [0.1, 0.15) is 11.4 Å². The number of carbonyl (C=O) groups is 1. The molecule has 0 radical (unpaired) electrons. The van der Waals surface area contributed by atoms with E-state index in [9.17, 15) is 4.79 Å². The minimum Gasteiger partial charge on any atom is -0.337 e. The lowest BCUT2D eigenvalue weighted by molar-refractivity contribution is -0.123. The van der Waals surface area contributed by atoms with Gasteiger partial charge in [0.15, 0.2) is 11.6 Å². The van der Waals surface area contributed by atoms with Gasteiger partial charge >= 0.3 is 0 Å². The van der Waals surface area contributed by atoms with Crippen LogP contribution in [0.3, 0.4) is 0 Å². The molecule has 6 aromatic rings. The number of pyridine rings is 3. The molecule has 0 saturated carbocycles. The molecule has 0 unspecified atom stereocenters. The lowest BCUT2D eigenvalue weighted by Crippen LogP contribution is -2.27. The third kappa shape index (κ3) is 4.05. The van der Waals surface area contributed by atoms with E-state index in [1.165, 1.54) is 18.6 Å². The van der Waals surface area contributed by atoms with E-state index < -0.39 is 11.2 Å². The Morgan fingerprint density at radius 2 is 1.79 bits per heavy atom. The second kappa shape index (κ2) is 8.84. The van der Waals surface area contributed by atoms with E-state index >= 15 is 4.39 Å². The van der Waals surface area contributed by atoms with Gasteiger partial charge in [-0.3, -0.25) is 24.8 Å². The molecule has 5 heterocycles. The minimum absolute atomic E-state index is 0.0895. The number of anilines is 1. The number of nitrogens with one attached hydrogen (secondary N) is 3. The molecule has 0 saturated heterocycles. The van der Waals surface area contributed by atoms with Crippen molar-refractivity contribution in [3.63, 3.8) is 0 Å². The number of carbonyl (C=O) groups excluding carboxylic acids is 1. The van der Waals surface area contributed by atoms with Gasteiger partial charge in [-0.25, -0.2) is 9.37 Å². The van der Waals surface area contributed by atoms with Gasteiger partial charge in [0.25, 0.3) is 0 Å². The average Bonchev–Trinajstić information content (AvgIpc) is 3.54. The number of aromatic amines is 2. The number of aromatic nitrogens is 7. The Morgan fingerprint density at radius 3 is 2.58 bits per heavy atom. The Bertz CT molecular complexity index is 1820. The van der Waals surface area contributed by atoms with Crippen molar-refractivity contribution in [2.45, 2.75) is 20.8 Å². The van der Waals surface area contributed by atoms with Gasteiger partial charge < -0.3 is 10.3 Å². The molecule has 1 aromatic carbocycles. The summed E-state index contributed by atoms with van der Waals surface area (Å²) in [6.07, 6.45) is 8.03. The third-order valence-corrected chi connectivity index (χ3v) is 6.20. The highest BCUT2D eigenvalue weighted by molar-refractivity contribution is 5.98. The van der Waals surface area contributed by atoms with E-state index in [1.807, 2.05) is 51.1 Å². The fourth-order valence-electron chi connectivity index (χ4n) is 4.20. The summed E-state index contributed by atoms with van der Waals surface area (Å²) < 4.78 is 16.0. The molecular weight excluding hydrogens is 483 g/mol. The standard InChI is InChI=1S/C28H23FN8O/c1-28(2,3)27(38)33-17-10-16(12-31-13-17)23-22(29)21-20(14-32-23)36-37-25(21)26-34-19-8-4-7-18(24(19)35-26)15-6-5-9-30-11-15/h4-14H,1-3H3,(H,33,38)(H,34,35)(H,36,37). The predicted octanol–water partition coefficient (Wildman–Crippen LogP) is 5.75. The summed E-state index contributed by atoms with van der Waals surface area (Å²) in [7, 11) is 0. The summed E-state index contributed by atoms with van der Waals surface area (Å²) in [6.45, 7) is 5.44. The first-order valence-electron chi connectivity index (χ1n) is 12.0. The number of para-hydroxylation sites is 1. The van der Waals surface area contributed by atoms with Gasteiger partial charge in [0, 0.05) is 40.7 Å². The zero-order valence-electron chi connectivity index (χ0n) is 20.9. The maximum absolute atomic E-state index is 16.0. The quantitative estimate of drug-likeness (QED) is 0.280. The Morgan fingerprint density at radius 1 is 0.947 bits per heavy atom. The summed E-state index contributed by atoms with van der Waals surface area (Å²) in [5.41, 5.74) is 4.49. The molecular formula is C28H23FN8O. The molecule has 0 aliphatic carbocycles. The third-order valence-electron chi connectivity index (χ3n) is 6.20. The number of nitrogens with zero attached hydrogens (tertiary/aromatic N) is 5. The van der Waals surface area contributed by atoms with Crippen LogP contribution >= 0.6 is 0 Å². The van der Waals surface area contributed by atoms with Crippen LogP contribution in [0.2, 0.25) is 0 Å². The predicted molar refractivity (Wildman–Crippen MR) is 143 cm³/mol. The van der Waals surface area contributed by atoms with E-state index in [0.29, 0.717) is 28.3 Å². The van der Waals surface area contributed by atoms with Crippen LogP contribution < -0.4 is 5.32 Å². The van der Waals surface area contributed by atoms with Crippen LogP contribution in [0.15, 0.2) is 67.4 Å². The molecule has 0 aliphatic rings. The van der Waals surface area contributed by atoms with Crippen LogP contribution in [-0.2, 0) is 4.79 Å². The maximum Gasteiger partial charge on any atom is 0.229 e. The second-order valence-corrected chi connectivity index (χ2v) is 9.98. The van der Waals surface area contributed by atoms with Gasteiger partial charge in [0.2, 0.25) is 5.91 Å². The fraction of sp³-hybridized carbons (Fsp3) is 0.143. The number of imidazole rings is 1. The molecule has 5 aromatic heterocycles. The number of hydrogen-bond acceptors (Lipinski definition) is 6.